The molecule has 0 atom stereocenters. The van der Waals surface area contributed by atoms with Crippen LogP contribution >= 0.6 is 0 Å². The summed E-state index contributed by atoms with van der Waals surface area (Å²) in [5.74, 6) is 1.23. The molecule has 2 aliphatic heterocycles. The zero-order valence-corrected chi connectivity index (χ0v) is 52.6. The van der Waals surface area contributed by atoms with Crippen molar-refractivity contribution < 1.29 is 9.13 Å². The summed E-state index contributed by atoms with van der Waals surface area (Å²) in [6.07, 6.45) is 0. The molecule has 11 aromatic carbocycles. The number of ether oxygens (including phenoxy) is 1. The molecule has 0 fully saturated rings. The molecule has 0 saturated heterocycles. The number of rotatable bonds is 6. The molecule has 0 amide bonds. The summed E-state index contributed by atoms with van der Waals surface area (Å²) in [6.45, 7) is 27.3. The van der Waals surface area contributed by atoms with Gasteiger partial charge in [-0.15, -0.1) is 0 Å². The maximum Gasteiger partial charge on any atom is 0.256 e. The summed E-state index contributed by atoms with van der Waals surface area (Å²) in [5.41, 5.74) is 24.0. The molecule has 4 heterocycles. The van der Waals surface area contributed by atoms with Gasteiger partial charge in [0.25, 0.3) is 6.71 Å². The topological polar surface area (TPSA) is 22.3 Å². The number of nitrogens with zero attached hydrogens (tertiary/aromatic N) is 3. The molecule has 0 bridgehead atoms. The molecule has 432 valence electrons. The van der Waals surface area contributed by atoms with Crippen molar-refractivity contribution in [2.45, 2.75) is 105 Å². The molecular formula is C82H73BFN3O. The summed E-state index contributed by atoms with van der Waals surface area (Å²) in [6, 6.07) is 81.9. The van der Waals surface area contributed by atoms with Crippen LogP contribution in [0.1, 0.15) is 105 Å². The minimum Gasteiger partial charge on any atom is -0.458 e. The highest BCUT2D eigenvalue weighted by molar-refractivity contribution is 6.99. The monoisotopic (exact) mass is 1150 g/mol. The second-order valence-electron chi connectivity index (χ2n) is 28.8. The van der Waals surface area contributed by atoms with Crippen molar-refractivity contribution in [3.05, 3.63) is 253 Å². The average Bonchev–Trinajstić information content (AvgIpc) is 0.791. The number of halogens is 1. The normalized spacial score (nSPS) is 13.3. The molecule has 0 unspecified atom stereocenters. The number of hydrogen-bond donors (Lipinski definition) is 0. The number of benzene rings is 11. The first-order valence-electron chi connectivity index (χ1n) is 31.2. The number of hydrogen-bond acceptors (Lipinski definition) is 2. The molecule has 0 spiro atoms. The van der Waals surface area contributed by atoms with Crippen LogP contribution in [-0.2, 0) is 21.7 Å². The van der Waals surface area contributed by atoms with Crippen molar-refractivity contribution in [3.63, 3.8) is 0 Å². The Hall–Kier alpha value is -9.39. The molecule has 0 N–H and O–H groups in total. The van der Waals surface area contributed by atoms with Crippen LogP contribution in [0.15, 0.2) is 224 Å². The number of anilines is 3. The van der Waals surface area contributed by atoms with Gasteiger partial charge in [-0.05, 0) is 174 Å². The van der Waals surface area contributed by atoms with E-state index in [1.54, 1.807) is 12.1 Å². The first kappa shape index (κ1) is 55.2. The zero-order valence-electron chi connectivity index (χ0n) is 52.6. The quantitative estimate of drug-likeness (QED) is 0.155. The summed E-state index contributed by atoms with van der Waals surface area (Å²) < 4.78 is 28.2. The highest BCUT2D eigenvalue weighted by Crippen LogP contribution is 2.51. The molecule has 0 radical (unpaired) electrons. The average molecular weight is 1150 g/mol. The van der Waals surface area contributed by atoms with Gasteiger partial charge in [0.2, 0.25) is 0 Å². The summed E-state index contributed by atoms with van der Waals surface area (Å²) in [7, 11) is 0. The molecule has 88 heavy (non-hydrogen) atoms. The summed E-state index contributed by atoms with van der Waals surface area (Å²) >= 11 is 0. The van der Waals surface area contributed by atoms with E-state index in [2.05, 4.69) is 297 Å². The summed E-state index contributed by atoms with van der Waals surface area (Å²) in [5, 5.41) is 4.94. The largest absolute Gasteiger partial charge is 0.458 e. The third kappa shape index (κ3) is 9.00. The van der Waals surface area contributed by atoms with Gasteiger partial charge in [-0.1, -0.05) is 210 Å². The van der Waals surface area contributed by atoms with E-state index in [-0.39, 0.29) is 34.2 Å². The fraction of sp³-hybridized carbons (Fsp3) is 0.195. The third-order valence-corrected chi connectivity index (χ3v) is 18.8. The molecule has 2 aliphatic rings. The standard InChI is InChI=1S/C82H73BFN3O/c1-79(2,3)54-29-37-69-63(44-54)64-45-55(80(4,5)6)30-38-70(64)85(69)59-33-35-67-73(48-59)87(78-61(50-21-15-13-16-22-50)27-20-28-62(78)51-23-17-14-18-24-51)74-42-53(52-25-19-26-58(84)41-52)43-76-77(74)83(67)68-36-34-60(49-75(68)88-76)86-71-39-31-56(81(7,8)9)46-65(71)66-47-57(82(10,11)12)32-40-72(66)86/h13-49H,1-12H3. The first-order valence-corrected chi connectivity index (χ1v) is 31.2. The maximum atomic E-state index is 15.7. The molecule has 0 aliphatic carbocycles. The molecular weight excluding hydrogens is 1070 g/mol. The Bertz CT molecular complexity index is 4800. The molecule has 13 aromatic rings. The lowest BCUT2D eigenvalue weighted by molar-refractivity contribution is 0.487. The highest BCUT2D eigenvalue weighted by Gasteiger charge is 2.44. The molecule has 0 saturated carbocycles. The van der Waals surface area contributed by atoms with Crippen LogP contribution in [0.25, 0.3) is 88.4 Å². The summed E-state index contributed by atoms with van der Waals surface area (Å²) in [4.78, 5) is 2.52. The molecule has 6 heteroatoms. The van der Waals surface area contributed by atoms with Crippen LogP contribution in [0.3, 0.4) is 0 Å². The lowest BCUT2D eigenvalue weighted by atomic mass is 9.34. The van der Waals surface area contributed by atoms with Crippen LogP contribution in [0.2, 0.25) is 0 Å². The number of fused-ring (bicyclic) bond motifs is 10. The maximum absolute atomic E-state index is 15.7. The zero-order chi connectivity index (χ0) is 60.9. The van der Waals surface area contributed by atoms with E-state index in [1.165, 1.54) is 49.9 Å². The molecule has 15 rings (SSSR count). The van der Waals surface area contributed by atoms with Crippen LogP contribution in [0.4, 0.5) is 21.5 Å². The highest BCUT2D eigenvalue weighted by atomic mass is 19.1. The van der Waals surface area contributed by atoms with Gasteiger partial charge in [0.05, 0.1) is 27.8 Å². The second-order valence-corrected chi connectivity index (χ2v) is 28.8. The number of aromatic nitrogens is 2. The van der Waals surface area contributed by atoms with Gasteiger partial charge >= 0.3 is 0 Å². The lowest BCUT2D eigenvalue weighted by Gasteiger charge is -2.42. The van der Waals surface area contributed by atoms with E-state index >= 15 is 4.39 Å². The van der Waals surface area contributed by atoms with E-state index in [1.807, 2.05) is 6.07 Å². The van der Waals surface area contributed by atoms with E-state index in [9.17, 15) is 0 Å². The van der Waals surface area contributed by atoms with E-state index in [0.29, 0.717) is 0 Å². The Labute approximate surface area is 517 Å². The second kappa shape index (κ2) is 19.8. The van der Waals surface area contributed by atoms with Crippen LogP contribution < -0.4 is 26.0 Å². The Morgan fingerprint density at radius 2 is 0.773 bits per heavy atom. The van der Waals surface area contributed by atoms with Crippen LogP contribution in [-0.4, -0.2) is 15.8 Å². The van der Waals surface area contributed by atoms with E-state index < -0.39 is 0 Å². The SMILES string of the molecule is CC(C)(C)c1ccc2c(c1)c1cc(C(C)(C)C)ccc1n2-c1ccc2c(c1)Oc1cc(-c3cccc(F)c3)cc3c1B2c1ccc(-n2c4ccc(C(C)(C)C)cc4c4cc(C(C)(C)C)ccc42)cc1N3c1c(-c2ccccc2)cccc1-c1ccccc1. The van der Waals surface area contributed by atoms with Crippen molar-refractivity contribution in [2.24, 2.45) is 0 Å². The number of para-hydroxylation sites is 1. The van der Waals surface area contributed by atoms with E-state index in [4.69, 9.17) is 4.74 Å². The van der Waals surface area contributed by atoms with Gasteiger partial charge in [-0.2, -0.15) is 0 Å². The third-order valence-electron chi connectivity index (χ3n) is 18.8. The molecule has 4 nitrogen and oxygen atoms in total. The van der Waals surface area contributed by atoms with Crippen molar-refractivity contribution in [3.8, 4) is 56.3 Å². The Kier molecular flexibility index (Phi) is 12.4. The van der Waals surface area contributed by atoms with Crippen molar-refractivity contribution in [1.82, 2.24) is 9.13 Å². The van der Waals surface area contributed by atoms with Crippen LogP contribution in [0, 0.1) is 5.82 Å². The lowest BCUT2D eigenvalue weighted by Crippen LogP contribution is -2.59. The fourth-order valence-electron chi connectivity index (χ4n) is 14.0. The van der Waals surface area contributed by atoms with Crippen molar-refractivity contribution in [1.29, 1.82) is 0 Å². The van der Waals surface area contributed by atoms with Crippen molar-refractivity contribution >= 4 is 83.8 Å². The van der Waals surface area contributed by atoms with Crippen molar-refractivity contribution in [2.75, 3.05) is 4.90 Å². The minimum atomic E-state index is -0.295. The van der Waals surface area contributed by atoms with Crippen LogP contribution in [0.5, 0.6) is 11.5 Å². The van der Waals surface area contributed by atoms with Gasteiger partial charge in [-0.3, -0.25) is 0 Å². The predicted octanol–water partition coefficient (Wildman–Crippen LogP) is 20.6. The molecule has 2 aromatic heterocycles. The Morgan fingerprint density at radius 1 is 0.341 bits per heavy atom. The van der Waals surface area contributed by atoms with Gasteiger partial charge in [0, 0.05) is 61.5 Å². The van der Waals surface area contributed by atoms with Gasteiger partial charge in [0.1, 0.15) is 17.3 Å². The predicted molar refractivity (Wildman–Crippen MR) is 372 cm³/mol. The first-order chi connectivity index (χ1) is 42.1. The van der Waals surface area contributed by atoms with Gasteiger partial charge in [-0.25, -0.2) is 4.39 Å². The Balaban J connectivity index is 1.04. The Morgan fingerprint density at radius 3 is 1.23 bits per heavy atom. The van der Waals surface area contributed by atoms with Gasteiger partial charge in [0.15, 0.2) is 0 Å². The van der Waals surface area contributed by atoms with E-state index in [0.717, 1.165) is 112 Å². The smallest absolute Gasteiger partial charge is 0.256 e. The minimum absolute atomic E-state index is 0.0321. The fourth-order valence-corrected chi connectivity index (χ4v) is 14.0. The van der Waals surface area contributed by atoms with Gasteiger partial charge < -0.3 is 18.8 Å².